The minimum Gasteiger partial charge on any atom is -0.483 e. The van der Waals surface area contributed by atoms with Crippen LogP contribution in [-0.4, -0.2) is 37.5 Å². The van der Waals surface area contributed by atoms with Gasteiger partial charge in [-0.3, -0.25) is 4.79 Å². The number of piperidine rings is 1. The average molecular weight is 434 g/mol. The molecule has 4 nitrogen and oxygen atoms in total. The van der Waals surface area contributed by atoms with Crippen molar-refractivity contribution in [1.82, 2.24) is 4.98 Å². The van der Waals surface area contributed by atoms with Crippen LogP contribution < -0.4 is 9.68 Å². The lowest BCUT2D eigenvalue weighted by Crippen LogP contribution is -2.34. The Balaban J connectivity index is 0.000000630. The van der Waals surface area contributed by atoms with Crippen molar-refractivity contribution in [2.24, 2.45) is 5.92 Å². The van der Waals surface area contributed by atoms with Crippen LogP contribution in [0.15, 0.2) is 48.5 Å². The van der Waals surface area contributed by atoms with Gasteiger partial charge in [-0.25, -0.2) is 4.98 Å². The summed E-state index contributed by atoms with van der Waals surface area (Å²) in [5.41, 5.74) is 5.73. The molecule has 3 aromatic rings. The van der Waals surface area contributed by atoms with Gasteiger partial charge in [-0.05, 0) is 41.6 Å². The average Bonchev–Trinajstić information content (AvgIpc) is 3.18. The standard InChI is InChI=1S/C22H23BN2S.C2H6.CH2O2/c1-15-5-7-17(8-6-15)18-9-11-19(12-10-18)20-21(23)26-22(24-20)25-13-3-4-16(2)14-25;1-2;2-1-3/h5-12,16H,3-4,13-14H2,1-2H3;1-2H3;1H,(H,2,3). The van der Waals surface area contributed by atoms with Gasteiger partial charge >= 0.3 is 0 Å². The Kier molecular flexibility index (Phi) is 9.79. The van der Waals surface area contributed by atoms with Gasteiger partial charge in [-0.2, -0.15) is 0 Å². The molecule has 2 heterocycles. The molecule has 1 unspecified atom stereocenters. The Hall–Kier alpha value is -2.60. The number of hydrogen-bond acceptors (Lipinski definition) is 4. The van der Waals surface area contributed by atoms with Gasteiger partial charge < -0.3 is 10.0 Å². The maximum atomic E-state index is 8.36. The minimum absolute atomic E-state index is 0.250. The predicted octanol–water partition coefficient (Wildman–Crippen LogP) is 5.54. The molecule has 1 aromatic heterocycles. The highest BCUT2D eigenvalue weighted by Gasteiger charge is 2.20. The molecular formula is C25H31BN2O2S. The van der Waals surface area contributed by atoms with Gasteiger partial charge in [0.05, 0.1) is 5.69 Å². The zero-order chi connectivity index (χ0) is 22.8. The van der Waals surface area contributed by atoms with E-state index >= 15 is 0 Å². The fourth-order valence-electron chi connectivity index (χ4n) is 3.59. The molecule has 2 radical (unpaired) electrons. The number of aryl methyl sites for hydroxylation is 1. The number of thiazole rings is 1. The van der Waals surface area contributed by atoms with E-state index in [4.69, 9.17) is 22.7 Å². The molecule has 0 aliphatic carbocycles. The van der Waals surface area contributed by atoms with E-state index in [0.29, 0.717) is 0 Å². The van der Waals surface area contributed by atoms with E-state index in [0.717, 1.165) is 40.2 Å². The lowest BCUT2D eigenvalue weighted by Gasteiger charge is -2.30. The zero-order valence-corrected chi connectivity index (χ0v) is 19.7. The number of aromatic nitrogens is 1. The third-order valence-electron chi connectivity index (χ3n) is 5.11. The monoisotopic (exact) mass is 434 g/mol. The molecule has 1 saturated heterocycles. The van der Waals surface area contributed by atoms with Gasteiger partial charge in [0.15, 0.2) is 5.13 Å². The second-order valence-electron chi connectivity index (χ2n) is 7.45. The molecule has 1 aliphatic rings. The fourth-order valence-corrected chi connectivity index (χ4v) is 4.48. The third kappa shape index (κ3) is 6.69. The number of carboxylic acid groups (broad SMARTS) is 1. The van der Waals surface area contributed by atoms with Crippen LogP contribution in [0.2, 0.25) is 0 Å². The summed E-state index contributed by atoms with van der Waals surface area (Å²) in [4.78, 5) is 15.6. The molecule has 1 N–H and O–H groups in total. The molecule has 6 heteroatoms. The topological polar surface area (TPSA) is 53.4 Å². The van der Waals surface area contributed by atoms with Crippen molar-refractivity contribution >= 4 is 35.6 Å². The Morgan fingerprint density at radius 3 is 2.13 bits per heavy atom. The number of anilines is 1. The van der Waals surface area contributed by atoms with E-state index < -0.39 is 0 Å². The van der Waals surface area contributed by atoms with Crippen LogP contribution >= 0.6 is 11.3 Å². The van der Waals surface area contributed by atoms with Crippen LogP contribution in [-0.2, 0) is 4.79 Å². The van der Waals surface area contributed by atoms with Crippen molar-refractivity contribution < 1.29 is 9.90 Å². The zero-order valence-electron chi connectivity index (χ0n) is 18.8. The van der Waals surface area contributed by atoms with Gasteiger partial charge in [0.2, 0.25) is 0 Å². The third-order valence-corrected chi connectivity index (χ3v) is 6.06. The molecule has 1 fully saturated rings. The summed E-state index contributed by atoms with van der Waals surface area (Å²) in [6.45, 7) is 10.3. The van der Waals surface area contributed by atoms with Gasteiger partial charge in [-0.15, -0.1) is 11.3 Å². The van der Waals surface area contributed by atoms with Gasteiger partial charge in [-0.1, -0.05) is 74.9 Å². The Labute approximate surface area is 191 Å². The normalized spacial score (nSPS) is 15.2. The van der Waals surface area contributed by atoms with Crippen molar-refractivity contribution in [3.05, 3.63) is 54.1 Å². The fraction of sp³-hybridized carbons (Fsp3) is 0.360. The number of nitrogens with zero attached hydrogens (tertiary/aromatic N) is 2. The van der Waals surface area contributed by atoms with E-state index in [1.54, 1.807) is 11.3 Å². The van der Waals surface area contributed by atoms with E-state index in [2.05, 4.69) is 67.3 Å². The summed E-state index contributed by atoms with van der Waals surface area (Å²) in [5, 5.41) is 7.95. The minimum atomic E-state index is -0.250. The van der Waals surface area contributed by atoms with Crippen molar-refractivity contribution in [3.8, 4) is 22.4 Å². The molecular weight excluding hydrogens is 403 g/mol. The number of benzene rings is 2. The van der Waals surface area contributed by atoms with Crippen molar-refractivity contribution in [2.45, 2.75) is 40.5 Å². The van der Waals surface area contributed by atoms with Crippen LogP contribution in [0.3, 0.4) is 0 Å². The van der Waals surface area contributed by atoms with Crippen LogP contribution in [0.25, 0.3) is 22.4 Å². The molecule has 1 atom stereocenters. The predicted molar refractivity (Wildman–Crippen MR) is 134 cm³/mol. The van der Waals surface area contributed by atoms with Crippen LogP contribution in [0, 0.1) is 12.8 Å². The highest BCUT2D eigenvalue weighted by atomic mass is 32.1. The van der Waals surface area contributed by atoms with Crippen molar-refractivity contribution in [1.29, 1.82) is 0 Å². The van der Waals surface area contributed by atoms with Crippen LogP contribution in [0.5, 0.6) is 0 Å². The first kappa shape index (κ1) is 24.7. The van der Waals surface area contributed by atoms with Crippen LogP contribution in [0.4, 0.5) is 5.13 Å². The molecule has 0 spiro atoms. The maximum Gasteiger partial charge on any atom is 0.290 e. The summed E-state index contributed by atoms with van der Waals surface area (Å²) in [6.07, 6.45) is 2.55. The van der Waals surface area contributed by atoms with Gasteiger partial charge in [0.25, 0.3) is 6.47 Å². The largest absolute Gasteiger partial charge is 0.483 e. The Morgan fingerprint density at radius 1 is 1.06 bits per heavy atom. The SMILES string of the molecule is CC.O=CO.[B]c1sc(N2CCCC(C)C2)nc1-c1ccc(-c2ccc(C)cc2)cc1. The molecule has 1 aliphatic heterocycles. The molecule has 0 amide bonds. The second kappa shape index (κ2) is 12.3. The lowest BCUT2D eigenvalue weighted by molar-refractivity contribution is -0.122. The molecule has 2 aromatic carbocycles. The van der Waals surface area contributed by atoms with Crippen molar-refractivity contribution in [3.63, 3.8) is 0 Å². The maximum absolute atomic E-state index is 8.36. The molecule has 4 rings (SSSR count). The number of carbonyl (C=O) groups is 1. The van der Waals surface area contributed by atoms with E-state index in [-0.39, 0.29) is 6.47 Å². The first-order valence-corrected chi connectivity index (χ1v) is 11.6. The van der Waals surface area contributed by atoms with Crippen LogP contribution in [0.1, 0.15) is 39.2 Å². The summed E-state index contributed by atoms with van der Waals surface area (Å²) in [5.74, 6) is 0.728. The van der Waals surface area contributed by atoms with E-state index in [9.17, 15) is 0 Å². The molecule has 0 saturated carbocycles. The highest BCUT2D eigenvalue weighted by molar-refractivity contribution is 7.23. The number of hydrogen-bond donors (Lipinski definition) is 1. The van der Waals surface area contributed by atoms with E-state index in [1.165, 1.54) is 29.5 Å². The molecule has 0 bridgehead atoms. The molecule has 31 heavy (non-hydrogen) atoms. The highest BCUT2D eigenvalue weighted by Crippen LogP contribution is 2.29. The lowest BCUT2D eigenvalue weighted by atomic mass is 9.98. The van der Waals surface area contributed by atoms with E-state index in [1.807, 2.05) is 13.8 Å². The summed E-state index contributed by atoms with van der Waals surface area (Å²) in [6, 6.07) is 17.2. The Bertz CT molecular complexity index is 939. The Morgan fingerprint density at radius 2 is 1.58 bits per heavy atom. The van der Waals surface area contributed by atoms with Gasteiger partial charge in [0, 0.05) is 18.7 Å². The van der Waals surface area contributed by atoms with Crippen molar-refractivity contribution in [2.75, 3.05) is 18.0 Å². The van der Waals surface area contributed by atoms with Gasteiger partial charge in [0.1, 0.15) is 7.85 Å². The summed E-state index contributed by atoms with van der Waals surface area (Å²) in [7, 11) is 6.31. The quantitative estimate of drug-likeness (QED) is 0.434. The first-order valence-electron chi connectivity index (χ1n) is 10.8. The summed E-state index contributed by atoms with van der Waals surface area (Å²) < 4.78 is 0.807. The number of rotatable bonds is 3. The molecule has 162 valence electrons. The summed E-state index contributed by atoms with van der Waals surface area (Å²) >= 11 is 1.61. The smallest absolute Gasteiger partial charge is 0.290 e. The second-order valence-corrected chi connectivity index (χ2v) is 8.46. The first-order chi connectivity index (χ1) is 15.0.